The van der Waals surface area contributed by atoms with E-state index in [4.69, 9.17) is 9.72 Å². The number of sulfonamides is 1. The van der Waals surface area contributed by atoms with Crippen LogP contribution in [0, 0.1) is 0 Å². The summed E-state index contributed by atoms with van der Waals surface area (Å²) in [6.45, 7) is 6.79. The minimum Gasteiger partial charge on any atom is -0.490 e. The summed E-state index contributed by atoms with van der Waals surface area (Å²) in [6, 6.07) is 6.24. The minimum atomic E-state index is -3.31. The number of ether oxygens (including phenoxy) is 1. The van der Waals surface area contributed by atoms with E-state index in [1.54, 1.807) is 20.8 Å². The number of rotatable bonds is 4. The summed E-state index contributed by atoms with van der Waals surface area (Å²) in [5, 5.41) is 0. The number of hydrogen-bond donors (Lipinski definition) is 2. The Morgan fingerprint density at radius 1 is 1.20 bits per heavy atom. The predicted octanol–water partition coefficient (Wildman–Crippen LogP) is 3.65. The molecule has 164 valence electrons. The fourth-order valence-electron chi connectivity index (χ4n) is 4.09. The van der Waals surface area contributed by atoms with Crippen molar-refractivity contribution in [3.8, 4) is 17.0 Å². The van der Waals surface area contributed by atoms with E-state index in [2.05, 4.69) is 39.9 Å². The molecule has 0 spiro atoms. The van der Waals surface area contributed by atoms with Gasteiger partial charge in [0.25, 0.3) is 0 Å². The minimum absolute atomic E-state index is 0.00897. The van der Waals surface area contributed by atoms with Gasteiger partial charge >= 0.3 is 0 Å². The van der Waals surface area contributed by atoms with E-state index >= 15 is 0 Å². The smallest absolute Gasteiger partial charge is 0.216 e. The number of benzene rings is 1. The third kappa shape index (κ3) is 4.21. The van der Waals surface area contributed by atoms with Crippen molar-refractivity contribution in [3.05, 3.63) is 30.2 Å². The van der Waals surface area contributed by atoms with Gasteiger partial charge < -0.3 is 14.6 Å². The van der Waals surface area contributed by atoms with Gasteiger partial charge in [-0.25, -0.2) is 18.1 Å². The summed E-state index contributed by atoms with van der Waals surface area (Å²) in [4.78, 5) is 10.4. The number of fused-ring (bicyclic) bond motifs is 1. The molecule has 0 atom stereocenters. The third-order valence-electron chi connectivity index (χ3n) is 6.19. The molecule has 0 radical (unpaired) electrons. The lowest BCUT2D eigenvalue weighted by Gasteiger charge is -2.30. The van der Waals surface area contributed by atoms with Gasteiger partial charge in [0, 0.05) is 30.8 Å². The van der Waals surface area contributed by atoms with E-state index in [0.717, 1.165) is 60.7 Å². The summed E-state index contributed by atoms with van der Waals surface area (Å²) >= 11 is 0. The van der Waals surface area contributed by atoms with Crippen molar-refractivity contribution >= 4 is 15.7 Å². The number of aromatic amines is 1. The van der Waals surface area contributed by atoms with E-state index in [9.17, 15) is 8.42 Å². The first-order valence-electron chi connectivity index (χ1n) is 10.7. The van der Waals surface area contributed by atoms with Crippen LogP contribution in [0.25, 0.3) is 11.3 Å². The highest BCUT2D eigenvalue weighted by Crippen LogP contribution is 2.36. The standard InChI is InChI=1S/C22H32N4O3S/c1-22(2,3)30(27,28)25-17-8-5-15(6-9-17)21-23-14-18(24-21)16-7-10-19-20(13-16)29-12-11-26(19)4/h7,10,13-15,17,25H,5-6,8-9,11-12H2,1-4H3,(H,23,24)/t15-,17-. The van der Waals surface area contributed by atoms with Crippen LogP contribution in [0.15, 0.2) is 24.4 Å². The zero-order valence-electron chi connectivity index (χ0n) is 18.2. The van der Waals surface area contributed by atoms with Gasteiger partial charge in [-0.05, 0) is 58.6 Å². The first-order valence-corrected chi connectivity index (χ1v) is 12.2. The molecule has 2 aromatic rings. The van der Waals surface area contributed by atoms with Crippen molar-refractivity contribution < 1.29 is 13.2 Å². The summed E-state index contributed by atoms with van der Waals surface area (Å²) in [6.07, 6.45) is 5.45. The molecule has 7 nitrogen and oxygen atoms in total. The number of likely N-dealkylation sites (N-methyl/N-ethyl adjacent to an activating group) is 1. The molecule has 1 fully saturated rings. The largest absolute Gasteiger partial charge is 0.490 e. The lowest BCUT2D eigenvalue weighted by atomic mass is 9.86. The van der Waals surface area contributed by atoms with Crippen molar-refractivity contribution in [2.24, 2.45) is 0 Å². The van der Waals surface area contributed by atoms with E-state index in [1.807, 2.05) is 6.20 Å². The molecular formula is C22H32N4O3S. The Morgan fingerprint density at radius 2 is 1.93 bits per heavy atom. The van der Waals surface area contributed by atoms with Gasteiger partial charge in [0.1, 0.15) is 18.2 Å². The average Bonchev–Trinajstić information content (AvgIpc) is 3.17. The summed E-state index contributed by atoms with van der Waals surface area (Å²) in [5.74, 6) is 2.21. The SMILES string of the molecule is CN1CCOc2cc(-c3c[nH]c([C@H]4CC[C@H](NS(=O)(=O)C(C)(C)C)CC4)n3)ccc21. The molecule has 1 saturated carbocycles. The first-order chi connectivity index (χ1) is 14.1. The van der Waals surface area contributed by atoms with Gasteiger partial charge in [0.15, 0.2) is 0 Å². The monoisotopic (exact) mass is 432 g/mol. The Bertz CT molecular complexity index is 1000. The van der Waals surface area contributed by atoms with E-state index in [0.29, 0.717) is 12.5 Å². The summed E-state index contributed by atoms with van der Waals surface area (Å²) in [5.41, 5.74) is 3.06. The molecule has 2 N–H and O–H groups in total. The second-order valence-corrected chi connectivity index (χ2v) is 11.9. The van der Waals surface area contributed by atoms with Crippen molar-refractivity contribution in [1.29, 1.82) is 0 Å². The molecule has 0 saturated heterocycles. The maximum absolute atomic E-state index is 12.4. The zero-order valence-corrected chi connectivity index (χ0v) is 19.1. The number of H-pyrrole nitrogens is 1. The van der Waals surface area contributed by atoms with Crippen LogP contribution in [-0.2, 0) is 10.0 Å². The molecular weight excluding hydrogens is 400 g/mol. The first kappa shape index (κ1) is 21.2. The van der Waals surface area contributed by atoms with Crippen molar-refractivity contribution in [2.45, 2.75) is 63.2 Å². The topological polar surface area (TPSA) is 87.3 Å². The average molecular weight is 433 g/mol. The van der Waals surface area contributed by atoms with Crippen LogP contribution in [0.2, 0.25) is 0 Å². The number of nitrogens with one attached hydrogen (secondary N) is 2. The number of nitrogens with zero attached hydrogens (tertiary/aromatic N) is 2. The normalized spacial score (nSPS) is 22.5. The van der Waals surface area contributed by atoms with Crippen molar-refractivity contribution in [2.75, 3.05) is 25.1 Å². The molecule has 1 aliphatic heterocycles. The Morgan fingerprint density at radius 3 is 2.63 bits per heavy atom. The maximum atomic E-state index is 12.4. The Hall–Kier alpha value is -2.06. The molecule has 0 amide bonds. The third-order valence-corrected chi connectivity index (χ3v) is 8.45. The van der Waals surface area contributed by atoms with Gasteiger partial charge in [0.05, 0.1) is 22.7 Å². The second kappa shape index (κ2) is 7.89. The van der Waals surface area contributed by atoms with Crippen LogP contribution in [0.4, 0.5) is 5.69 Å². The van der Waals surface area contributed by atoms with E-state index in [1.165, 1.54) is 0 Å². The number of hydrogen-bond acceptors (Lipinski definition) is 5. The molecule has 1 aromatic carbocycles. The van der Waals surface area contributed by atoms with Gasteiger partial charge in [-0.2, -0.15) is 0 Å². The summed E-state index contributed by atoms with van der Waals surface area (Å²) < 4.78 is 32.8. The van der Waals surface area contributed by atoms with E-state index < -0.39 is 14.8 Å². The van der Waals surface area contributed by atoms with Crippen molar-refractivity contribution in [1.82, 2.24) is 14.7 Å². The lowest BCUT2D eigenvalue weighted by molar-refractivity contribution is 0.311. The molecule has 0 unspecified atom stereocenters. The van der Waals surface area contributed by atoms with Crippen LogP contribution in [0.1, 0.15) is 58.2 Å². The van der Waals surface area contributed by atoms with Gasteiger partial charge in [-0.1, -0.05) is 6.07 Å². The van der Waals surface area contributed by atoms with Gasteiger partial charge in [0.2, 0.25) is 10.0 Å². The molecule has 2 heterocycles. The Balaban J connectivity index is 1.41. The number of anilines is 1. The quantitative estimate of drug-likeness (QED) is 0.770. The molecule has 0 bridgehead atoms. The van der Waals surface area contributed by atoms with Crippen LogP contribution >= 0.6 is 0 Å². The second-order valence-electron chi connectivity index (χ2n) is 9.41. The number of imidazole rings is 1. The van der Waals surface area contributed by atoms with Gasteiger partial charge in [-0.3, -0.25) is 0 Å². The fourth-order valence-corrected chi connectivity index (χ4v) is 5.12. The molecule has 2 aliphatic rings. The lowest BCUT2D eigenvalue weighted by Crippen LogP contribution is -2.45. The highest BCUT2D eigenvalue weighted by atomic mass is 32.2. The maximum Gasteiger partial charge on any atom is 0.216 e. The van der Waals surface area contributed by atoms with Crippen LogP contribution in [0.3, 0.4) is 0 Å². The molecule has 8 heteroatoms. The highest BCUT2D eigenvalue weighted by Gasteiger charge is 2.33. The Labute approximate surface area is 179 Å². The van der Waals surface area contributed by atoms with Gasteiger partial charge in [-0.15, -0.1) is 0 Å². The molecule has 30 heavy (non-hydrogen) atoms. The van der Waals surface area contributed by atoms with Crippen LogP contribution < -0.4 is 14.4 Å². The van der Waals surface area contributed by atoms with E-state index in [-0.39, 0.29) is 6.04 Å². The molecule has 1 aromatic heterocycles. The van der Waals surface area contributed by atoms with Crippen molar-refractivity contribution in [3.63, 3.8) is 0 Å². The summed E-state index contributed by atoms with van der Waals surface area (Å²) in [7, 11) is -1.24. The predicted molar refractivity (Wildman–Crippen MR) is 120 cm³/mol. The van der Waals surface area contributed by atoms with Crippen LogP contribution in [0.5, 0.6) is 5.75 Å². The number of aromatic nitrogens is 2. The highest BCUT2D eigenvalue weighted by molar-refractivity contribution is 7.90. The van der Waals surface area contributed by atoms with Crippen LogP contribution in [-0.4, -0.2) is 49.4 Å². The zero-order chi connectivity index (χ0) is 21.5. The molecule has 1 aliphatic carbocycles. The molecule has 4 rings (SSSR count). The fraction of sp³-hybridized carbons (Fsp3) is 0.591. The Kier molecular flexibility index (Phi) is 5.57.